The summed E-state index contributed by atoms with van der Waals surface area (Å²) in [6.45, 7) is 0. The Bertz CT molecular complexity index is 941. The molecule has 0 N–H and O–H groups in total. The molecule has 136 valence electrons. The van der Waals surface area contributed by atoms with Gasteiger partial charge in [-0.2, -0.15) is 17.9 Å². The van der Waals surface area contributed by atoms with Gasteiger partial charge in [-0.05, 0) is 61.2 Å². The van der Waals surface area contributed by atoms with Crippen LogP contribution in [-0.4, -0.2) is 18.5 Å². The fourth-order valence-corrected chi connectivity index (χ4v) is 5.49. The van der Waals surface area contributed by atoms with Crippen molar-refractivity contribution in [3.63, 3.8) is 0 Å². The third kappa shape index (κ3) is 3.13. The average Bonchev–Trinajstić information content (AvgIpc) is 3.03. The molecule has 7 heteroatoms. The second-order valence-electron chi connectivity index (χ2n) is 6.67. The van der Waals surface area contributed by atoms with Crippen molar-refractivity contribution in [3.8, 4) is 0 Å². The zero-order valence-corrected chi connectivity index (χ0v) is 16.3. The van der Waals surface area contributed by atoms with Crippen LogP contribution in [0.3, 0.4) is 0 Å². The fourth-order valence-electron chi connectivity index (χ4n) is 3.77. The molecule has 1 fully saturated rings. The summed E-state index contributed by atoms with van der Waals surface area (Å²) in [5.74, 6) is 0.118. The first-order valence-electron chi connectivity index (χ1n) is 8.60. The van der Waals surface area contributed by atoms with Crippen molar-refractivity contribution in [3.05, 3.63) is 64.1 Å². The van der Waals surface area contributed by atoms with E-state index < -0.39 is 10.0 Å². The van der Waals surface area contributed by atoms with E-state index >= 15 is 0 Å². The summed E-state index contributed by atoms with van der Waals surface area (Å²) in [5, 5.41) is 5.68. The normalized spacial score (nSPS) is 22.8. The summed E-state index contributed by atoms with van der Waals surface area (Å²) in [4.78, 5) is 0.198. The molecule has 0 saturated heterocycles. The van der Waals surface area contributed by atoms with Gasteiger partial charge in [-0.1, -0.05) is 41.8 Å². The van der Waals surface area contributed by atoms with Gasteiger partial charge in [-0.25, -0.2) is 0 Å². The van der Waals surface area contributed by atoms with Crippen molar-refractivity contribution >= 4 is 38.9 Å². The second kappa shape index (κ2) is 6.87. The molecular weight excluding hydrogens is 391 g/mol. The molecular formula is C19H18Cl2N2O2S. The topological polar surface area (TPSA) is 49.7 Å². The van der Waals surface area contributed by atoms with Gasteiger partial charge in [0.1, 0.15) is 0 Å². The highest BCUT2D eigenvalue weighted by atomic mass is 35.5. The van der Waals surface area contributed by atoms with Crippen LogP contribution < -0.4 is 0 Å². The number of nitrogens with zero attached hydrogens (tertiary/aromatic N) is 2. The molecule has 0 bridgehead atoms. The van der Waals surface area contributed by atoms with Gasteiger partial charge in [-0.15, -0.1) is 0 Å². The lowest BCUT2D eigenvalue weighted by atomic mass is 9.81. The lowest BCUT2D eigenvalue weighted by Crippen LogP contribution is -2.31. The highest BCUT2D eigenvalue weighted by Gasteiger charge is 2.44. The van der Waals surface area contributed by atoms with Gasteiger partial charge in [0.25, 0.3) is 10.0 Å². The van der Waals surface area contributed by atoms with E-state index in [1.54, 1.807) is 24.3 Å². The Morgan fingerprint density at radius 3 is 2.19 bits per heavy atom. The maximum atomic E-state index is 13.3. The van der Waals surface area contributed by atoms with E-state index in [-0.39, 0.29) is 16.9 Å². The van der Waals surface area contributed by atoms with Crippen molar-refractivity contribution in [2.24, 2.45) is 11.0 Å². The quantitative estimate of drug-likeness (QED) is 0.692. The molecule has 4 nitrogen and oxygen atoms in total. The van der Waals surface area contributed by atoms with Crippen LogP contribution in [0.2, 0.25) is 10.0 Å². The van der Waals surface area contributed by atoms with Crippen molar-refractivity contribution in [2.75, 3.05) is 0 Å². The smallest absolute Gasteiger partial charge is 0.200 e. The molecule has 0 amide bonds. The Kier molecular flexibility index (Phi) is 4.71. The van der Waals surface area contributed by atoms with Crippen LogP contribution in [0.1, 0.15) is 37.3 Å². The molecule has 2 atom stereocenters. The van der Waals surface area contributed by atoms with Gasteiger partial charge < -0.3 is 0 Å². The highest BCUT2D eigenvalue weighted by Crippen LogP contribution is 2.44. The van der Waals surface area contributed by atoms with Crippen molar-refractivity contribution in [1.29, 1.82) is 0 Å². The van der Waals surface area contributed by atoms with E-state index in [1.807, 2.05) is 12.1 Å². The van der Waals surface area contributed by atoms with E-state index in [9.17, 15) is 8.42 Å². The summed E-state index contributed by atoms with van der Waals surface area (Å²) >= 11 is 11.9. The van der Waals surface area contributed by atoms with Gasteiger partial charge in [0.15, 0.2) is 0 Å². The number of halogens is 2. The molecule has 1 aliphatic carbocycles. The Balaban J connectivity index is 1.79. The molecule has 1 aliphatic heterocycles. The Morgan fingerprint density at radius 1 is 0.923 bits per heavy atom. The minimum atomic E-state index is -3.77. The number of fused-ring (bicyclic) bond motifs is 1. The lowest BCUT2D eigenvalue weighted by Gasteiger charge is -2.29. The molecule has 0 radical (unpaired) electrons. The van der Waals surface area contributed by atoms with Crippen LogP contribution in [0, 0.1) is 5.92 Å². The zero-order valence-electron chi connectivity index (χ0n) is 14.0. The summed E-state index contributed by atoms with van der Waals surface area (Å²) in [5.41, 5.74) is 1.89. The first-order chi connectivity index (χ1) is 12.5. The van der Waals surface area contributed by atoms with Gasteiger partial charge in [-0.3, -0.25) is 0 Å². The number of hydrogen-bond donors (Lipinski definition) is 0. The lowest BCUT2D eigenvalue weighted by molar-refractivity contribution is 0.308. The average molecular weight is 409 g/mol. The number of hydrogen-bond acceptors (Lipinski definition) is 3. The predicted molar refractivity (Wildman–Crippen MR) is 104 cm³/mol. The first-order valence-corrected chi connectivity index (χ1v) is 10.8. The third-order valence-electron chi connectivity index (χ3n) is 5.04. The first kappa shape index (κ1) is 17.8. The summed E-state index contributed by atoms with van der Waals surface area (Å²) in [6, 6.07) is 13.3. The van der Waals surface area contributed by atoms with Crippen LogP contribution in [0.4, 0.5) is 0 Å². The van der Waals surface area contributed by atoms with Gasteiger partial charge in [0.05, 0.1) is 10.9 Å². The number of rotatable bonds is 3. The standard InChI is InChI=1S/C19H18Cl2N2O2S/c20-14-7-5-13(6-8-14)19-17-3-1-2-4-18(17)22-23(19)26(24,25)16-11-9-15(21)10-12-16/h5-12,17,19H,1-4H2. The SMILES string of the molecule is O=S(=O)(c1ccc(Cl)cc1)N1N=C2CCCCC2C1c1ccc(Cl)cc1. The Hall–Kier alpha value is -1.56. The number of sulfonamides is 1. The minimum absolute atomic E-state index is 0.118. The van der Waals surface area contributed by atoms with Crippen molar-refractivity contribution < 1.29 is 8.42 Å². The minimum Gasteiger partial charge on any atom is -0.200 e. The van der Waals surface area contributed by atoms with Gasteiger partial charge >= 0.3 is 0 Å². The molecule has 2 aliphatic rings. The van der Waals surface area contributed by atoms with E-state index in [1.165, 1.54) is 16.5 Å². The Morgan fingerprint density at radius 2 is 1.54 bits per heavy atom. The van der Waals surface area contributed by atoms with E-state index in [4.69, 9.17) is 23.2 Å². The van der Waals surface area contributed by atoms with Crippen LogP contribution in [0.25, 0.3) is 0 Å². The molecule has 1 heterocycles. The van der Waals surface area contributed by atoms with Gasteiger partial charge in [0.2, 0.25) is 0 Å². The van der Waals surface area contributed by atoms with E-state index in [2.05, 4.69) is 5.10 Å². The summed E-state index contributed by atoms with van der Waals surface area (Å²) in [7, 11) is -3.77. The second-order valence-corrected chi connectivity index (χ2v) is 9.34. The van der Waals surface area contributed by atoms with Crippen LogP contribution in [0.5, 0.6) is 0 Å². The van der Waals surface area contributed by atoms with Crippen LogP contribution >= 0.6 is 23.2 Å². The third-order valence-corrected chi connectivity index (χ3v) is 7.21. The fraction of sp³-hybridized carbons (Fsp3) is 0.316. The monoisotopic (exact) mass is 408 g/mol. The Labute approximate surface area is 163 Å². The summed E-state index contributed by atoms with van der Waals surface area (Å²) < 4.78 is 27.9. The van der Waals surface area contributed by atoms with Crippen LogP contribution in [0.15, 0.2) is 58.5 Å². The highest BCUT2D eigenvalue weighted by molar-refractivity contribution is 7.89. The molecule has 2 aromatic carbocycles. The zero-order chi connectivity index (χ0) is 18.3. The van der Waals surface area contributed by atoms with Crippen LogP contribution in [-0.2, 0) is 10.0 Å². The molecule has 2 aromatic rings. The van der Waals surface area contributed by atoms with Crippen molar-refractivity contribution in [2.45, 2.75) is 36.6 Å². The molecule has 0 aromatic heterocycles. The maximum absolute atomic E-state index is 13.3. The summed E-state index contributed by atoms with van der Waals surface area (Å²) in [6.07, 6.45) is 3.93. The number of hydrazone groups is 1. The molecule has 26 heavy (non-hydrogen) atoms. The molecule has 2 unspecified atom stereocenters. The predicted octanol–water partition coefficient (Wildman–Crippen LogP) is 5.29. The van der Waals surface area contributed by atoms with Gasteiger partial charge in [0, 0.05) is 21.7 Å². The molecule has 4 rings (SSSR count). The van der Waals surface area contributed by atoms with Crippen molar-refractivity contribution in [1.82, 2.24) is 4.41 Å². The van der Waals surface area contributed by atoms with E-state index in [0.717, 1.165) is 37.0 Å². The molecule has 0 spiro atoms. The largest absolute Gasteiger partial charge is 0.279 e. The number of benzene rings is 2. The van der Waals surface area contributed by atoms with E-state index in [0.29, 0.717) is 10.0 Å². The maximum Gasteiger partial charge on any atom is 0.279 e. The molecule has 1 saturated carbocycles.